The maximum atomic E-state index is 5.54. The number of methoxy groups -OCH3 is 1. The predicted molar refractivity (Wildman–Crippen MR) is 82.6 cm³/mol. The molecule has 0 radical (unpaired) electrons. The summed E-state index contributed by atoms with van der Waals surface area (Å²) in [5.74, 6) is 0.892. The summed E-state index contributed by atoms with van der Waals surface area (Å²) in [6, 6.07) is 0.777. The smallest absolute Gasteiger partial charge is 0.161 e. The number of aromatic nitrogens is 2. The molecule has 0 aromatic carbocycles. The summed E-state index contributed by atoms with van der Waals surface area (Å²) in [7, 11) is 3.74. The molecule has 0 amide bonds. The first-order valence-corrected chi connectivity index (χ1v) is 8.00. The number of ether oxygens (including phenoxy) is 1. The molecule has 0 saturated carbocycles. The van der Waals surface area contributed by atoms with E-state index in [1.54, 1.807) is 7.11 Å². The van der Waals surface area contributed by atoms with E-state index in [-0.39, 0.29) is 6.04 Å². The molecule has 3 saturated heterocycles. The van der Waals surface area contributed by atoms with Gasteiger partial charge in [0.15, 0.2) is 5.75 Å². The summed E-state index contributed by atoms with van der Waals surface area (Å²) < 4.78 is 7.51. The average molecular weight is 293 g/mol. The lowest BCUT2D eigenvalue weighted by molar-refractivity contribution is -0.00515. The molecule has 1 aromatic heterocycles. The molecule has 3 aliphatic rings. The zero-order chi connectivity index (χ0) is 14.8. The summed E-state index contributed by atoms with van der Waals surface area (Å²) in [6.07, 6.45) is 2.96. The van der Waals surface area contributed by atoms with Gasteiger partial charge in [-0.15, -0.1) is 0 Å². The first kappa shape index (κ1) is 14.8. The fourth-order valence-corrected chi connectivity index (χ4v) is 3.63. The SMILES string of the molecule is CCCNC(c1c(OC)cnn1C)C1CN2CCN1CC2. The van der Waals surface area contributed by atoms with Crippen LogP contribution in [0.3, 0.4) is 0 Å². The number of nitrogens with zero attached hydrogens (tertiary/aromatic N) is 4. The van der Waals surface area contributed by atoms with Crippen molar-refractivity contribution >= 4 is 0 Å². The highest BCUT2D eigenvalue weighted by Gasteiger charge is 2.39. The van der Waals surface area contributed by atoms with Crippen LogP contribution in [-0.4, -0.2) is 72.0 Å². The molecular weight excluding hydrogens is 266 g/mol. The number of piperazine rings is 3. The fourth-order valence-electron chi connectivity index (χ4n) is 3.63. The van der Waals surface area contributed by atoms with E-state index in [4.69, 9.17) is 4.74 Å². The van der Waals surface area contributed by atoms with Gasteiger partial charge in [-0.2, -0.15) is 5.10 Å². The highest BCUT2D eigenvalue weighted by molar-refractivity contribution is 5.30. The third-order valence-electron chi connectivity index (χ3n) is 4.78. The molecule has 4 rings (SSSR count). The van der Waals surface area contributed by atoms with E-state index in [0.29, 0.717) is 6.04 Å². The van der Waals surface area contributed by atoms with Crippen molar-refractivity contribution in [2.45, 2.75) is 25.4 Å². The maximum Gasteiger partial charge on any atom is 0.161 e. The van der Waals surface area contributed by atoms with Crippen molar-refractivity contribution in [3.05, 3.63) is 11.9 Å². The Hall–Kier alpha value is -1.11. The zero-order valence-electron chi connectivity index (χ0n) is 13.4. The van der Waals surface area contributed by atoms with Gasteiger partial charge in [0.2, 0.25) is 0 Å². The largest absolute Gasteiger partial charge is 0.493 e. The number of aryl methyl sites for hydroxylation is 1. The summed E-state index contributed by atoms with van der Waals surface area (Å²) in [5.41, 5.74) is 1.17. The van der Waals surface area contributed by atoms with Crippen molar-refractivity contribution in [1.82, 2.24) is 24.9 Å². The normalized spacial score (nSPS) is 29.6. The van der Waals surface area contributed by atoms with Crippen LogP contribution >= 0.6 is 0 Å². The second-order valence-electron chi connectivity index (χ2n) is 6.06. The minimum atomic E-state index is 0.274. The molecule has 21 heavy (non-hydrogen) atoms. The van der Waals surface area contributed by atoms with Crippen molar-refractivity contribution in [2.75, 3.05) is 46.4 Å². The number of hydrogen-bond acceptors (Lipinski definition) is 5. The van der Waals surface area contributed by atoms with Gasteiger partial charge in [-0.3, -0.25) is 14.5 Å². The van der Waals surface area contributed by atoms with Crippen molar-refractivity contribution in [3.63, 3.8) is 0 Å². The third-order valence-corrected chi connectivity index (χ3v) is 4.78. The molecule has 2 unspecified atom stereocenters. The van der Waals surface area contributed by atoms with Crippen LogP contribution in [-0.2, 0) is 7.05 Å². The molecule has 2 bridgehead atoms. The Kier molecular flexibility index (Phi) is 4.47. The minimum Gasteiger partial charge on any atom is -0.493 e. The molecule has 4 heterocycles. The van der Waals surface area contributed by atoms with Gasteiger partial charge >= 0.3 is 0 Å². The molecule has 6 nitrogen and oxygen atoms in total. The van der Waals surface area contributed by atoms with E-state index in [1.165, 1.54) is 31.9 Å². The minimum absolute atomic E-state index is 0.274. The van der Waals surface area contributed by atoms with Crippen LogP contribution in [0.1, 0.15) is 25.1 Å². The van der Waals surface area contributed by atoms with Gasteiger partial charge in [0.25, 0.3) is 0 Å². The molecule has 1 aromatic rings. The average Bonchev–Trinajstić information content (AvgIpc) is 2.90. The molecule has 6 heteroatoms. The van der Waals surface area contributed by atoms with E-state index >= 15 is 0 Å². The first-order chi connectivity index (χ1) is 10.2. The number of rotatable bonds is 6. The highest BCUT2D eigenvalue weighted by Crippen LogP contribution is 2.32. The van der Waals surface area contributed by atoms with Crippen LogP contribution in [0, 0.1) is 0 Å². The molecule has 3 fully saturated rings. The Labute approximate surface area is 127 Å². The van der Waals surface area contributed by atoms with Gasteiger partial charge in [0.05, 0.1) is 25.0 Å². The Bertz CT molecular complexity index is 467. The lowest BCUT2D eigenvalue weighted by Gasteiger charge is -2.50. The van der Waals surface area contributed by atoms with E-state index in [0.717, 1.165) is 25.3 Å². The van der Waals surface area contributed by atoms with Crippen molar-refractivity contribution in [1.29, 1.82) is 0 Å². The zero-order valence-corrected chi connectivity index (χ0v) is 13.4. The van der Waals surface area contributed by atoms with Gasteiger partial charge in [0.1, 0.15) is 0 Å². The van der Waals surface area contributed by atoms with Crippen molar-refractivity contribution < 1.29 is 4.74 Å². The summed E-state index contributed by atoms with van der Waals surface area (Å²) in [5, 5.41) is 8.13. The molecule has 118 valence electrons. The molecule has 2 atom stereocenters. The fraction of sp³-hybridized carbons (Fsp3) is 0.800. The maximum absolute atomic E-state index is 5.54. The molecule has 3 aliphatic heterocycles. The van der Waals surface area contributed by atoms with Gasteiger partial charge in [-0.05, 0) is 13.0 Å². The number of nitrogens with one attached hydrogen (secondary N) is 1. The van der Waals surface area contributed by atoms with Gasteiger partial charge < -0.3 is 10.1 Å². The van der Waals surface area contributed by atoms with Crippen molar-refractivity contribution in [2.24, 2.45) is 7.05 Å². The second-order valence-corrected chi connectivity index (χ2v) is 6.06. The first-order valence-electron chi connectivity index (χ1n) is 8.00. The Morgan fingerprint density at radius 2 is 2.14 bits per heavy atom. The lowest BCUT2D eigenvalue weighted by Crippen LogP contribution is -2.64. The van der Waals surface area contributed by atoms with Crippen molar-refractivity contribution in [3.8, 4) is 5.75 Å². The topological polar surface area (TPSA) is 45.6 Å². The van der Waals surface area contributed by atoms with Gasteiger partial charge in [-0.25, -0.2) is 0 Å². The summed E-state index contributed by atoms with van der Waals surface area (Å²) in [4.78, 5) is 5.20. The van der Waals surface area contributed by atoms with E-state index in [1.807, 2.05) is 17.9 Å². The van der Waals surface area contributed by atoms with E-state index in [9.17, 15) is 0 Å². The van der Waals surface area contributed by atoms with Crippen LogP contribution in [0.4, 0.5) is 0 Å². The molecule has 1 N–H and O–H groups in total. The second kappa shape index (κ2) is 6.34. The Balaban J connectivity index is 1.88. The summed E-state index contributed by atoms with van der Waals surface area (Å²) in [6.45, 7) is 9.13. The lowest BCUT2D eigenvalue weighted by atomic mass is 9.97. The predicted octanol–water partition coefficient (Wildman–Crippen LogP) is 0.469. The standard InChI is InChI=1S/C15H27N5O/c1-4-5-16-14(15-13(21-3)10-17-18(15)2)12-11-19-6-8-20(12)9-7-19/h10,12,14,16H,4-9,11H2,1-3H3. The number of fused-ring (bicyclic) bond motifs is 3. The Morgan fingerprint density at radius 3 is 2.71 bits per heavy atom. The van der Waals surface area contributed by atoms with E-state index in [2.05, 4.69) is 27.1 Å². The van der Waals surface area contributed by atoms with Gasteiger partial charge in [0, 0.05) is 45.8 Å². The Morgan fingerprint density at radius 1 is 1.38 bits per heavy atom. The third kappa shape index (κ3) is 2.80. The molecule has 0 spiro atoms. The van der Waals surface area contributed by atoms with Crippen LogP contribution < -0.4 is 10.1 Å². The number of hydrogen-bond donors (Lipinski definition) is 1. The quantitative estimate of drug-likeness (QED) is 0.826. The van der Waals surface area contributed by atoms with Crippen LogP contribution in [0.5, 0.6) is 5.75 Å². The van der Waals surface area contributed by atoms with Crippen LogP contribution in [0.25, 0.3) is 0 Å². The molecule has 0 aliphatic carbocycles. The summed E-state index contributed by atoms with van der Waals surface area (Å²) >= 11 is 0. The monoisotopic (exact) mass is 293 g/mol. The van der Waals surface area contributed by atoms with Gasteiger partial charge in [-0.1, -0.05) is 6.92 Å². The van der Waals surface area contributed by atoms with Crippen LogP contribution in [0.2, 0.25) is 0 Å². The van der Waals surface area contributed by atoms with E-state index < -0.39 is 0 Å². The highest BCUT2D eigenvalue weighted by atomic mass is 16.5. The van der Waals surface area contributed by atoms with Crippen LogP contribution in [0.15, 0.2) is 6.20 Å². The molecular formula is C15H27N5O.